The van der Waals surface area contributed by atoms with Crippen molar-refractivity contribution in [2.75, 3.05) is 26.4 Å². The van der Waals surface area contributed by atoms with Crippen LogP contribution in [0.5, 0.6) is 11.5 Å². The highest BCUT2D eigenvalue weighted by Crippen LogP contribution is 2.30. The lowest BCUT2D eigenvalue weighted by molar-refractivity contribution is -0.0391. The molecule has 0 saturated carbocycles. The first-order valence-electron chi connectivity index (χ1n) is 9.03. The summed E-state index contributed by atoms with van der Waals surface area (Å²) in [7, 11) is 0. The lowest BCUT2D eigenvalue weighted by atomic mass is 9.97. The highest BCUT2D eigenvalue weighted by Gasteiger charge is 2.27. The van der Waals surface area contributed by atoms with Gasteiger partial charge in [-0.3, -0.25) is 4.90 Å². The molecule has 1 aromatic rings. The number of aliphatic hydroxyl groups excluding tert-OH is 1. The predicted molar refractivity (Wildman–Crippen MR) is 92.7 cm³/mol. The average molecular weight is 335 g/mol. The zero-order chi connectivity index (χ0) is 16.9. The summed E-state index contributed by atoms with van der Waals surface area (Å²) < 4.78 is 17.2. The highest BCUT2D eigenvalue weighted by atomic mass is 16.6. The number of hydrogen-bond donors (Lipinski definition) is 1. The van der Waals surface area contributed by atoms with Gasteiger partial charge in [-0.1, -0.05) is 18.6 Å². The van der Waals surface area contributed by atoms with Crippen molar-refractivity contribution in [3.63, 3.8) is 0 Å². The summed E-state index contributed by atoms with van der Waals surface area (Å²) >= 11 is 0. The van der Waals surface area contributed by atoms with E-state index in [1.54, 1.807) is 0 Å². The molecule has 0 aromatic heterocycles. The number of piperidine rings is 1. The minimum Gasteiger partial charge on any atom is -0.486 e. The van der Waals surface area contributed by atoms with Gasteiger partial charge >= 0.3 is 0 Å². The maximum Gasteiger partial charge on any atom is 0.161 e. The number of nitrogens with zero attached hydrogens (tertiary/aromatic N) is 1. The number of hydrogen-bond acceptors (Lipinski definition) is 5. The molecule has 4 atom stereocenters. The van der Waals surface area contributed by atoms with E-state index in [0.717, 1.165) is 11.5 Å². The fourth-order valence-electron chi connectivity index (χ4n) is 3.61. The van der Waals surface area contributed by atoms with Gasteiger partial charge in [0, 0.05) is 18.6 Å². The number of ether oxygens (including phenoxy) is 3. The lowest BCUT2D eigenvalue weighted by Crippen LogP contribution is -2.48. The summed E-state index contributed by atoms with van der Waals surface area (Å²) in [5.74, 6) is 1.54. The van der Waals surface area contributed by atoms with Crippen LogP contribution in [0.3, 0.4) is 0 Å². The molecule has 0 bridgehead atoms. The van der Waals surface area contributed by atoms with E-state index >= 15 is 0 Å². The molecule has 5 heteroatoms. The van der Waals surface area contributed by atoms with E-state index in [1.165, 1.54) is 19.3 Å². The second kappa shape index (κ2) is 8.19. The Morgan fingerprint density at radius 3 is 2.67 bits per heavy atom. The second-order valence-electron chi connectivity index (χ2n) is 7.01. The molecule has 1 fully saturated rings. The van der Waals surface area contributed by atoms with E-state index in [1.807, 2.05) is 24.3 Å². The van der Waals surface area contributed by atoms with Crippen LogP contribution in [0.2, 0.25) is 0 Å². The molecule has 0 spiro atoms. The molecule has 3 rings (SSSR count). The molecule has 0 amide bonds. The van der Waals surface area contributed by atoms with Crippen LogP contribution in [-0.4, -0.2) is 60.7 Å². The molecule has 0 aliphatic carbocycles. The van der Waals surface area contributed by atoms with Crippen LogP contribution in [0.15, 0.2) is 24.3 Å². The van der Waals surface area contributed by atoms with Crippen molar-refractivity contribution in [1.29, 1.82) is 0 Å². The summed E-state index contributed by atoms with van der Waals surface area (Å²) in [6, 6.07) is 8.73. The van der Waals surface area contributed by atoms with Crippen molar-refractivity contribution < 1.29 is 19.3 Å². The topological polar surface area (TPSA) is 51.2 Å². The van der Waals surface area contributed by atoms with Gasteiger partial charge in [-0.2, -0.15) is 0 Å². The Bertz CT molecular complexity index is 514. The molecule has 5 nitrogen and oxygen atoms in total. The van der Waals surface area contributed by atoms with Crippen molar-refractivity contribution in [3.05, 3.63) is 24.3 Å². The zero-order valence-corrected chi connectivity index (χ0v) is 14.7. The van der Waals surface area contributed by atoms with Gasteiger partial charge in [-0.15, -0.1) is 0 Å². The Hall–Kier alpha value is -1.30. The van der Waals surface area contributed by atoms with Crippen LogP contribution in [-0.2, 0) is 4.74 Å². The van der Waals surface area contributed by atoms with Gasteiger partial charge in [-0.05, 0) is 38.8 Å². The predicted octanol–water partition coefficient (Wildman–Crippen LogP) is 2.47. The molecule has 1 aromatic carbocycles. The first kappa shape index (κ1) is 17.5. The van der Waals surface area contributed by atoms with Crippen molar-refractivity contribution in [1.82, 2.24) is 4.90 Å². The fraction of sp³-hybridized carbons (Fsp3) is 0.684. The third kappa shape index (κ3) is 4.41. The van der Waals surface area contributed by atoms with E-state index in [0.29, 0.717) is 38.4 Å². The van der Waals surface area contributed by atoms with Crippen molar-refractivity contribution in [3.8, 4) is 11.5 Å². The first-order chi connectivity index (χ1) is 11.6. The third-order valence-electron chi connectivity index (χ3n) is 4.98. The molecule has 0 radical (unpaired) electrons. The summed E-state index contributed by atoms with van der Waals surface area (Å²) in [5, 5.41) is 10.3. The summed E-state index contributed by atoms with van der Waals surface area (Å²) in [6.07, 6.45) is 3.12. The van der Waals surface area contributed by atoms with Crippen LogP contribution in [0, 0.1) is 0 Å². The molecule has 0 unspecified atom stereocenters. The molecule has 1 saturated heterocycles. The van der Waals surface area contributed by atoms with Crippen molar-refractivity contribution in [2.24, 2.45) is 0 Å². The molecule has 134 valence electrons. The van der Waals surface area contributed by atoms with Gasteiger partial charge in [0.25, 0.3) is 0 Å². The number of likely N-dealkylation sites (tertiary alicyclic amines) is 1. The number of para-hydroxylation sites is 2. The Labute approximate surface area is 144 Å². The Morgan fingerprint density at radius 2 is 1.92 bits per heavy atom. The summed E-state index contributed by atoms with van der Waals surface area (Å²) in [6.45, 7) is 6.40. The lowest BCUT2D eigenvalue weighted by Gasteiger charge is -2.40. The first-order valence-corrected chi connectivity index (χ1v) is 9.03. The zero-order valence-electron chi connectivity index (χ0n) is 14.7. The Kier molecular flexibility index (Phi) is 5.98. The quantitative estimate of drug-likeness (QED) is 0.865. The normalized spacial score (nSPS) is 28.5. The minimum absolute atomic E-state index is 0.125. The van der Waals surface area contributed by atoms with E-state index < -0.39 is 6.10 Å². The third-order valence-corrected chi connectivity index (χ3v) is 4.98. The van der Waals surface area contributed by atoms with Gasteiger partial charge in [-0.25, -0.2) is 0 Å². The maximum atomic E-state index is 10.3. The smallest absolute Gasteiger partial charge is 0.161 e. The van der Waals surface area contributed by atoms with Crippen LogP contribution in [0.25, 0.3) is 0 Å². The van der Waals surface area contributed by atoms with Gasteiger partial charge in [0.05, 0.1) is 19.3 Å². The van der Waals surface area contributed by atoms with Crippen LogP contribution in [0.4, 0.5) is 0 Å². The monoisotopic (exact) mass is 335 g/mol. The van der Waals surface area contributed by atoms with E-state index in [2.05, 4.69) is 18.7 Å². The van der Waals surface area contributed by atoms with Crippen molar-refractivity contribution >= 4 is 0 Å². The maximum absolute atomic E-state index is 10.3. The van der Waals surface area contributed by atoms with Crippen LogP contribution in [0.1, 0.15) is 33.1 Å². The highest BCUT2D eigenvalue weighted by molar-refractivity contribution is 5.40. The molecular formula is C19H29NO4. The number of fused-ring (bicyclic) bond motifs is 1. The summed E-state index contributed by atoms with van der Waals surface area (Å²) in [5.41, 5.74) is 0. The van der Waals surface area contributed by atoms with Gasteiger partial charge in [0.1, 0.15) is 6.61 Å². The largest absolute Gasteiger partial charge is 0.486 e. The SMILES string of the molecule is C[C@@H]1CCC[C@@H](C)N1C[C@H](O)COC[C@@H]1COc2ccccc2O1. The van der Waals surface area contributed by atoms with E-state index in [-0.39, 0.29) is 6.10 Å². The van der Waals surface area contributed by atoms with Crippen LogP contribution < -0.4 is 9.47 Å². The number of benzene rings is 1. The van der Waals surface area contributed by atoms with Crippen LogP contribution >= 0.6 is 0 Å². The van der Waals surface area contributed by atoms with E-state index in [4.69, 9.17) is 14.2 Å². The minimum atomic E-state index is -0.468. The average Bonchev–Trinajstić information content (AvgIpc) is 2.58. The molecule has 2 aliphatic rings. The van der Waals surface area contributed by atoms with Crippen molar-refractivity contribution in [2.45, 2.75) is 57.4 Å². The molecular weight excluding hydrogens is 306 g/mol. The fourth-order valence-corrected chi connectivity index (χ4v) is 3.61. The van der Waals surface area contributed by atoms with Gasteiger partial charge in [0.15, 0.2) is 17.6 Å². The van der Waals surface area contributed by atoms with E-state index in [9.17, 15) is 5.11 Å². The standard InChI is InChI=1S/C19H29NO4/c1-14-6-5-7-15(2)20(14)10-16(21)11-22-12-17-13-23-18-8-3-4-9-19(18)24-17/h3-4,8-9,14-17,21H,5-7,10-13H2,1-2H3/t14-,15-,16+,17-/m1/s1. The molecule has 24 heavy (non-hydrogen) atoms. The second-order valence-corrected chi connectivity index (χ2v) is 7.01. The Balaban J connectivity index is 1.39. The number of β-amino-alcohol motifs (C(OH)–C–C–N with tert-alkyl or cyclic N) is 1. The Morgan fingerprint density at radius 1 is 1.21 bits per heavy atom. The molecule has 1 N–H and O–H groups in total. The summed E-state index contributed by atoms with van der Waals surface area (Å²) in [4.78, 5) is 2.40. The van der Waals surface area contributed by atoms with Gasteiger partial charge < -0.3 is 19.3 Å². The number of aliphatic hydroxyl groups is 1. The molecule has 2 heterocycles. The molecule has 2 aliphatic heterocycles. The van der Waals surface area contributed by atoms with Gasteiger partial charge in [0.2, 0.25) is 0 Å². The number of rotatable bonds is 6.